The number of hydrogen-bond acceptors (Lipinski definition) is 3. The molecule has 2 N–H and O–H groups in total. The summed E-state index contributed by atoms with van der Waals surface area (Å²) < 4.78 is 0. The Morgan fingerprint density at radius 3 is 2.93 bits per heavy atom. The maximum absolute atomic E-state index is 11.7. The fourth-order valence-corrected chi connectivity index (χ4v) is 5.46. The van der Waals surface area contributed by atoms with E-state index in [1.54, 1.807) is 0 Å². The average Bonchev–Trinajstić information content (AvgIpc) is 2.76. The van der Waals surface area contributed by atoms with E-state index in [2.05, 4.69) is 40.2 Å². The van der Waals surface area contributed by atoms with Crippen LogP contribution in [0.15, 0.2) is 60.8 Å². The highest BCUT2D eigenvalue weighted by atomic mass is 16.1. The van der Waals surface area contributed by atoms with Crippen molar-refractivity contribution in [1.29, 1.82) is 0 Å². The van der Waals surface area contributed by atoms with Crippen LogP contribution < -0.4 is 5.73 Å². The lowest BCUT2D eigenvalue weighted by molar-refractivity contribution is 0.0458. The third kappa shape index (κ3) is 3.42. The molecular weight excluding hydrogens is 358 g/mol. The van der Waals surface area contributed by atoms with E-state index < -0.39 is 0 Å². The summed E-state index contributed by atoms with van der Waals surface area (Å²) in [6.07, 6.45) is 8.01. The monoisotopic (exact) mass is 385 g/mol. The fourth-order valence-electron chi connectivity index (χ4n) is 5.46. The molecule has 1 saturated carbocycles. The van der Waals surface area contributed by atoms with Crippen molar-refractivity contribution in [1.82, 2.24) is 9.88 Å². The summed E-state index contributed by atoms with van der Waals surface area (Å²) in [7, 11) is 0. The largest absolute Gasteiger partial charge is 0.366 e. The van der Waals surface area contributed by atoms with Gasteiger partial charge in [0.1, 0.15) is 0 Å². The number of para-hydroxylation sites is 1. The first-order valence-corrected chi connectivity index (χ1v) is 10.6. The molecule has 0 radical (unpaired) electrons. The molecule has 2 aliphatic rings. The van der Waals surface area contributed by atoms with E-state index >= 15 is 0 Å². The van der Waals surface area contributed by atoms with Gasteiger partial charge < -0.3 is 5.73 Å². The van der Waals surface area contributed by atoms with E-state index in [1.807, 2.05) is 30.5 Å². The van der Waals surface area contributed by atoms with Crippen molar-refractivity contribution in [3.8, 4) is 0 Å². The van der Waals surface area contributed by atoms with E-state index in [9.17, 15) is 4.79 Å². The number of hydrogen-bond donors (Lipinski definition) is 1. The number of benzene rings is 2. The van der Waals surface area contributed by atoms with Crippen molar-refractivity contribution in [2.24, 2.45) is 5.73 Å². The Labute approximate surface area is 171 Å². The molecule has 2 heterocycles. The molecule has 3 aromatic rings. The highest BCUT2D eigenvalue weighted by Crippen LogP contribution is 2.47. The lowest BCUT2D eigenvalue weighted by atomic mass is 9.63. The summed E-state index contributed by atoms with van der Waals surface area (Å²) in [4.78, 5) is 18.9. The summed E-state index contributed by atoms with van der Waals surface area (Å²) in [5.41, 5.74) is 9.99. The highest BCUT2D eigenvalue weighted by molar-refractivity contribution is 5.93. The van der Waals surface area contributed by atoms with Gasteiger partial charge in [-0.25, -0.2) is 0 Å². The molecule has 0 spiro atoms. The number of primary amides is 1. The standard InChI is InChI=1S/C25H27N3O/c26-24(29)20-6-3-7-21(14-20)25-10-4-8-22(15-25)28(12-11-25)17-18-13-19-5-1-2-9-23(19)27-16-18/h1-3,5-7,9,13-14,16,22H,4,8,10-12,15,17H2,(H2,26,29). The summed E-state index contributed by atoms with van der Waals surface area (Å²) in [5.74, 6) is -0.336. The smallest absolute Gasteiger partial charge is 0.248 e. The summed E-state index contributed by atoms with van der Waals surface area (Å²) in [6, 6.07) is 19.2. The maximum atomic E-state index is 11.7. The SMILES string of the molecule is NC(=O)c1cccc(C23CCCC(C2)N(Cc2cnc4ccccc4c2)CC3)c1. The van der Waals surface area contributed by atoms with Gasteiger partial charge in [-0.2, -0.15) is 0 Å². The Bertz CT molecular complexity index is 1060. The van der Waals surface area contributed by atoms with Gasteiger partial charge in [-0.15, -0.1) is 0 Å². The predicted molar refractivity (Wildman–Crippen MR) is 116 cm³/mol. The molecule has 2 aromatic carbocycles. The minimum Gasteiger partial charge on any atom is -0.366 e. The Morgan fingerprint density at radius 1 is 1.14 bits per heavy atom. The van der Waals surface area contributed by atoms with Crippen molar-refractivity contribution < 1.29 is 4.79 Å². The molecule has 5 rings (SSSR count). The lowest BCUT2D eigenvalue weighted by Crippen LogP contribution is -2.51. The minimum absolute atomic E-state index is 0.187. The minimum atomic E-state index is -0.336. The molecule has 2 bridgehead atoms. The topological polar surface area (TPSA) is 59.2 Å². The number of amides is 1. The number of fused-ring (bicyclic) bond motifs is 3. The third-order valence-electron chi connectivity index (χ3n) is 7.01. The molecule has 1 aromatic heterocycles. The van der Waals surface area contributed by atoms with Gasteiger partial charge in [0.15, 0.2) is 0 Å². The number of nitrogens with two attached hydrogens (primary N) is 1. The van der Waals surface area contributed by atoms with E-state index in [1.165, 1.54) is 35.8 Å². The molecule has 1 amide bonds. The second-order valence-corrected chi connectivity index (χ2v) is 8.73. The number of carbonyl (C=O) groups excluding carboxylic acids is 1. The zero-order valence-electron chi connectivity index (χ0n) is 16.7. The van der Waals surface area contributed by atoms with Crippen LogP contribution in [0.1, 0.15) is 53.6 Å². The van der Waals surface area contributed by atoms with Crippen LogP contribution in [0.5, 0.6) is 0 Å². The predicted octanol–water partition coefficient (Wildman–Crippen LogP) is 4.42. The van der Waals surface area contributed by atoms with Crippen molar-refractivity contribution in [2.75, 3.05) is 6.54 Å². The van der Waals surface area contributed by atoms with E-state index in [4.69, 9.17) is 5.73 Å². The maximum Gasteiger partial charge on any atom is 0.248 e. The molecule has 2 atom stereocenters. The van der Waals surface area contributed by atoms with Gasteiger partial charge in [0.05, 0.1) is 5.52 Å². The van der Waals surface area contributed by atoms with E-state index in [0.29, 0.717) is 11.6 Å². The van der Waals surface area contributed by atoms with Gasteiger partial charge in [-0.05, 0) is 73.0 Å². The molecule has 148 valence electrons. The summed E-state index contributed by atoms with van der Waals surface area (Å²) >= 11 is 0. The van der Waals surface area contributed by atoms with Crippen LogP contribution in [0.3, 0.4) is 0 Å². The average molecular weight is 386 g/mol. The Kier molecular flexibility index (Phi) is 4.59. The molecule has 1 saturated heterocycles. The van der Waals surface area contributed by atoms with Crippen LogP contribution in [0.25, 0.3) is 10.9 Å². The molecule has 4 heteroatoms. The van der Waals surface area contributed by atoms with Gasteiger partial charge in [-0.1, -0.05) is 36.8 Å². The number of nitrogens with zero attached hydrogens (tertiary/aromatic N) is 2. The van der Waals surface area contributed by atoms with Crippen LogP contribution >= 0.6 is 0 Å². The molecule has 4 nitrogen and oxygen atoms in total. The molecular formula is C25H27N3O. The first kappa shape index (κ1) is 18.3. The van der Waals surface area contributed by atoms with Gasteiger partial charge in [0.25, 0.3) is 0 Å². The molecule has 1 aliphatic carbocycles. The molecule has 29 heavy (non-hydrogen) atoms. The molecule has 1 aliphatic heterocycles. The van der Waals surface area contributed by atoms with Crippen molar-refractivity contribution in [2.45, 2.75) is 50.1 Å². The number of rotatable bonds is 4. The Balaban J connectivity index is 1.37. The van der Waals surface area contributed by atoms with Gasteiger partial charge in [0, 0.05) is 29.7 Å². The normalized spacial score (nSPS) is 24.5. The summed E-state index contributed by atoms with van der Waals surface area (Å²) in [5, 5.41) is 1.21. The quantitative estimate of drug-likeness (QED) is 0.723. The fraction of sp³-hybridized carbons (Fsp3) is 0.360. The number of piperidine rings is 1. The van der Waals surface area contributed by atoms with Gasteiger partial charge >= 0.3 is 0 Å². The number of aromatic nitrogens is 1. The lowest BCUT2D eigenvalue weighted by Gasteiger charge is -2.51. The number of likely N-dealkylation sites (tertiary alicyclic amines) is 1. The van der Waals surface area contributed by atoms with Crippen LogP contribution in [-0.4, -0.2) is 28.4 Å². The van der Waals surface area contributed by atoms with Crippen molar-refractivity contribution in [3.05, 3.63) is 77.5 Å². The summed E-state index contributed by atoms with van der Waals surface area (Å²) in [6.45, 7) is 2.04. The first-order valence-electron chi connectivity index (χ1n) is 10.6. The Hall–Kier alpha value is -2.72. The Morgan fingerprint density at radius 2 is 2.03 bits per heavy atom. The van der Waals surface area contributed by atoms with E-state index in [0.717, 1.165) is 31.4 Å². The van der Waals surface area contributed by atoms with Crippen LogP contribution in [0, 0.1) is 0 Å². The first-order chi connectivity index (χ1) is 14.1. The van der Waals surface area contributed by atoms with Gasteiger partial charge in [0.2, 0.25) is 5.91 Å². The highest BCUT2D eigenvalue weighted by Gasteiger charge is 2.43. The van der Waals surface area contributed by atoms with E-state index in [-0.39, 0.29) is 11.3 Å². The van der Waals surface area contributed by atoms with Crippen LogP contribution in [0.4, 0.5) is 0 Å². The van der Waals surface area contributed by atoms with Crippen molar-refractivity contribution in [3.63, 3.8) is 0 Å². The number of carbonyl (C=O) groups is 1. The van der Waals surface area contributed by atoms with Crippen LogP contribution in [-0.2, 0) is 12.0 Å². The zero-order valence-corrected chi connectivity index (χ0v) is 16.7. The number of pyridine rings is 1. The molecule has 2 unspecified atom stereocenters. The van der Waals surface area contributed by atoms with Crippen molar-refractivity contribution >= 4 is 16.8 Å². The van der Waals surface area contributed by atoms with Gasteiger partial charge in [-0.3, -0.25) is 14.7 Å². The van der Waals surface area contributed by atoms with Crippen LogP contribution in [0.2, 0.25) is 0 Å². The third-order valence-corrected chi connectivity index (χ3v) is 7.01. The zero-order chi connectivity index (χ0) is 19.8. The second kappa shape index (κ2) is 7.27. The second-order valence-electron chi connectivity index (χ2n) is 8.73. The molecule has 2 fully saturated rings.